The third-order valence-electron chi connectivity index (χ3n) is 3.00. The monoisotopic (exact) mass is 313 g/mol. The van der Waals surface area contributed by atoms with Crippen LogP contribution in [0.2, 0.25) is 0 Å². The maximum Gasteiger partial charge on any atom is 0.320 e. The van der Waals surface area contributed by atoms with Crippen molar-refractivity contribution in [2.24, 2.45) is 0 Å². The zero-order chi connectivity index (χ0) is 16.1. The molecule has 0 saturated carbocycles. The number of nitrogens with zero attached hydrogens (tertiary/aromatic N) is 3. The molecular weight excluding hydrogens is 298 g/mol. The molecule has 0 radical (unpaired) electrons. The summed E-state index contributed by atoms with van der Waals surface area (Å²) in [7, 11) is 0. The lowest BCUT2D eigenvalue weighted by Crippen LogP contribution is -2.28. The summed E-state index contributed by atoms with van der Waals surface area (Å²) >= 11 is 0. The van der Waals surface area contributed by atoms with Crippen LogP contribution in [0.15, 0.2) is 36.9 Å². The van der Waals surface area contributed by atoms with Crippen molar-refractivity contribution >= 4 is 29.0 Å². The van der Waals surface area contributed by atoms with Crippen LogP contribution in [0.5, 0.6) is 0 Å². The number of rotatable bonds is 5. The molecule has 3 aromatic rings. The second-order valence-corrected chi connectivity index (χ2v) is 4.64. The van der Waals surface area contributed by atoms with E-state index in [2.05, 4.69) is 41.3 Å². The molecule has 3 heterocycles. The van der Waals surface area contributed by atoms with Gasteiger partial charge in [-0.15, -0.1) is 0 Å². The van der Waals surface area contributed by atoms with Crippen molar-refractivity contribution in [3.63, 3.8) is 0 Å². The molecule has 7 N–H and O–H groups in total. The Morgan fingerprint density at radius 1 is 1.30 bits per heavy atom. The van der Waals surface area contributed by atoms with Crippen molar-refractivity contribution < 1.29 is 4.79 Å². The van der Waals surface area contributed by atoms with Crippen LogP contribution in [0.1, 0.15) is 5.56 Å². The van der Waals surface area contributed by atoms with E-state index in [0.29, 0.717) is 23.7 Å². The minimum atomic E-state index is -0.399. The standard InChI is InChI=1S/C13H15N9O/c14-11-10(19-9-6-17-18-7-9)12(22-21-11)20-13(23)16-5-8-1-3-15-4-2-8/h1-4,6-7,19H,5H2,(H,17,18)(H5,14,16,20,21,22,23). The molecule has 0 atom stereocenters. The van der Waals surface area contributed by atoms with Gasteiger partial charge in [-0.3, -0.25) is 20.5 Å². The van der Waals surface area contributed by atoms with Gasteiger partial charge < -0.3 is 16.4 Å². The van der Waals surface area contributed by atoms with Gasteiger partial charge in [-0.05, 0) is 17.7 Å². The van der Waals surface area contributed by atoms with Crippen LogP contribution < -0.4 is 21.7 Å². The molecule has 0 aromatic carbocycles. The highest BCUT2D eigenvalue weighted by Crippen LogP contribution is 2.28. The number of anilines is 4. The summed E-state index contributed by atoms with van der Waals surface area (Å²) in [6.07, 6.45) is 6.56. The summed E-state index contributed by atoms with van der Waals surface area (Å²) in [4.78, 5) is 15.9. The fourth-order valence-electron chi connectivity index (χ4n) is 1.87. The Morgan fingerprint density at radius 2 is 2.13 bits per heavy atom. The van der Waals surface area contributed by atoms with Crippen molar-refractivity contribution in [2.45, 2.75) is 6.54 Å². The van der Waals surface area contributed by atoms with Crippen molar-refractivity contribution in [2.75, 3.05) is 16.4 Å². The Morgan fingerprint density at radius 3 is 2.87 bits per heavy atom. The number of hydrogen-bond acceptors (Lipinski definition) is 6. The van der Waals surface area contributed by atoms with Crippen LogP contribution in [0, 0.1) is 0 Å². The second kappa shape index (κ2) is 6.47. The Labute approximate surface area is 130 Å². The third-order valence-corrected chi connectivity index (χ3v) is 3.00. The molecule has 0 bridgehead atoms. The predicted molar refractivity (Wildman–Crippen MR) is 85.0 cm³/mol. The highest BCUT2D eigenvalue weighted by Gasteiger charge is 2.14. The molecule has 0 saturated heterocycles. The topological polar surface area (TPSA) is 149 Å². The van der Waals surface area contributed by atoms with E-state index in [1.807, 2.05) is 12.1 Å². The van der Waals surface area contributed by atoms with E-state index >= 15 is 0 Å². The first kappa shape index (κ1) is 14.4. The minimum Gasteiger partial charge on any atom is -0.382 e. The zero-order valence-corrected chi connectivity index (χ0v) is 12.0. The predicted octanol–water partition coefficient (Wildman–Crippen LogP) is 1.18. The van der Waals surface area contributed by atoms with E-state index in [9.17, 15) is 4.79 Å². The highest BCUT2D eigenvalue weighted by atomic mass is 16.2. The number of carbonyl (C=O) groups is 1. The Balaban J connectivity index is 1.62. The quantitative estimate of drug-likeness (QED) is 0.416. The lowest BCUT2D eigenvalue weighted by atomic mass is 10.3. The summed E-state index contributed by atoms with van der Waals surface area (Å²) < 4.78 is 0. The molecule has 0 aliphatic heterocycles. The first-order chi connectivity index (χ1) is 11.2. The lowest BCUT2D eigenvalue weighted by molar-refractivity contribution is 0.251. The molecule has 0 spiro atoms. The van der Waals surface area contributed by atoms with Crippen LogP contribution in [-0.4, -0.2) is 31.4 Å². The summed E-state index contributed by atoms with van der Waals surface area (Å²) in [5, 5.41) is 21.4. The van der Waals surface area contributed by atoms with Crippen molar-refractivity contribution in [3.05, 3.63) is 42.5 Å². The number of nitrogen functional groups attached to an aromatic ring is 1. The summed E-state index contributed by atoms with van der Waals surface area (Å²) in [6, 6.07) is 3.24. The number of nitrogens with two attached hydrogens (primary N) is 1. The van der Waals surface area contributed by atoms with Gasteiger partial charge in [0.2, 0.25) is 0 Å². The minimum absolute atomic E-state index is 0.288. The lowest BCUT2D eigenvalue weighted by Gasteiger charge is -2.08. The zero-order valence-electron chi connectivity index (χ0n) is 12.0. The molecule has 0 aliphatic rings. The average Bonchev–Trinajstić information content (AvgIpc) is 3.19. The van der Waals surface area contributed by atoms with Gasteiger partial charge >= 0.3 is 6.03 Å². The molecular formula is C13H15N9O. The number of carbonyl (C=O) groups excluding carboxylic acids is 1. The molecule has 23 heavy (non-hydrogen) atoms. The van der Waals surface area contributed by atoms with Gasteiger partial charge in [0.25, 0.3) is 0 Å². The van der Waals surface area contributed by atoms with E-state index in [1.165, 1.54) is 0 Å². The average molecular weight is 313 g/mol. The SMILES string of the molecule is Nc1[nH]nc(NC(=O)NCc2ccncc2)c1Nc1cn[nH]c1. The van der Waals surface area contributed by atoms with Gasteiger partial charge in [-0.1, -0.05) is 0 Å². The van der Waals surface area contributed by atoms with Crippen LogP contribution in [0.4, 0.5) is 27.8 Å². The smallest absolute Gasteiger partial charge is 0.320 e. The van der Waals surface area contributed by atoms with Gasteiger partial charge in [0, 0.05) is 25.1 Å². The number of aromatic amines is 2. The first-order valence-corrected chi connectivity index (χ1v) is 6.76. The van der Waals surface area contributed by atoms with Crippen LogP contribution in [0.25, 0.3) is 0 Å². The molecule has 10 nitrogen and oxygen atoms in total. The molecule has 0 fully saturated rings. The van der Waals surface area contributed by atoms with E-state index in [4.69, 9.17) is 5.73 Å². The number of pyridine rings is 1. The summed E-state index contributed by atoms with van der Waals surface area (Å²) in [5.41, 5.74) is 7.90. The fourth-order valence-corrected chi connectivity index (χ4v) is 1.87. The van der Waals surface area contributed by atoms with Gasteiger partial charge in [0.05, 0.1) is 11.9 Å². The highest BCUT2D eigenvalue weighted by molar-refractivity contribution is 5.94. The molecule has 10 heteroatoms. The molecule has 2 amide bonds. The molecule has 3 aromatic heterocycles. The van der Waals surface area contributed by atoms with E-state index in [-0.39, 0.29) is 5.82 Å². The van der Waals surface area contributed by atoms with E-state index in [0.717, 1.165) is 5.56 Å². The van der Waals surface area contributed by atoms with Gasteiger partial charge in [0.15, 0.2) is 5.82 Å². The number of nitrogens with one attached hydrogen (secondary N) is 5. The van der Waals surface area contributed by atoms with Crippen LogP contribution in [0.3, 0.4) is 0 Å². The Kier molecular flexibility index (Phi) is 4.05. The number of aromatic nitrogens is 5. The second-order valence-electron chi connectivity index (χ2n) is 4.64. The van der Waals surface area contributed by atoms with Crippen LogP contribution in [-0.2, 0) is 6.54 Å². The first-order valence-electron chi connectivity index (χ1n) is 6.76. The van der Waals surface area contributed by atoms with E-state index < -0.39 is 6.03 Å². The maximum absolute atomic E-state index is 12.0. The van der Waals surface area contributed by atoms with Crippen molar-refractivity contribution in [3.8, 4) is 0 Å². The Hall–Kier alpha value is -3.56. The largest absolute Gasteiger partial charge is 0.382 e. The molecule has 118 valence electrons. The fraction of sp³-hybridized carbons (Fsp3) is 0.0769. The van der Waals surface area contributed by atoms with Gasteiger partial charge in [0.1, 0.15) is 11.5 Å². The van der Waals surface area contributed by atoms with Gasteiger partial charge in [-0.25, -0.2) is 4.79 Å². The number of urea groups is 1. The van der Waals surface area contributed by atoms with Crippen molar-refractivity contribution in [1.29, 1.82) is 0 Å². The molecule has 0 aliphatic carbocycles. The number of hydrogen-bond donors (Lipinski definition) is 6. The van der Waals surface area contributed by atoms with Crippen LogP contribution >= 0.6 is 0 Å². The molecule has 0 unspecified atom stereocenters. The maximum atomic E-state index is 12.0. The molecule has 3 rings (SSSR count). The van der Waals surface area contributed by atoms with Crippen molar-refractivity contribution in [1.82, 2.24) is 30.7 Å². The number of amides is 2. The summed E-state index contributed by atoms with van der Waals surface area (Å²) in [5.74, 6) is 0.589. The summed E-state index contributed by atoms with van der Waals surface area (Å²) in [6.45, 7) is 0.374. The van der Waals surface area contributed by atoms with E-state index in [1.54, 1.807) is 24.8 Å². The normalized spacial score (nSPS) is 10.3. The third kappa shape index (κ3) is 3.56. The van der Waals surface area contributed by atoms with Gasteiger partial charge in [-0.2, -0.15) is 10.2 Å². The Bertz CT molecular complexity index is 766. The number of H-pyrrole nitrogens is 2.